The first-order valence-corrected chi connectivity index (χ1v) is 10.3. The van der Waals surface area contributed by atoms with E-state index < -0.39 is 17.7 Å². The summed E-state index contributed by atoms with van der Waals surface area (Å²) < 4.78 is 16.1. The number of methoxy groups -OCH3 is 1. The van der Waals surface area contributed by atoms with Gasteiger partial charge in [0, 0.05) is 5.56 Å². The highest BCUT2D eigenvalue weighted by molar-refractivity contribution is 6.46. The van der Waals surface area contributed by atoms with Gasteiger partial charge in [-0.15, -0.1) is 0 Å². The highest BCUT2D eigenvalue weighted by Gasteiger charge is 2.46. The van der Waals surface area contributed by atoms with Gasteiger partial charge in [0.1, 0.15) is 29.6 Å². The second-order valence-corrected chi connectivity index (χ2v) is 7.40. The summed E-state index contributed by atoms with van der Waals surface area (Å²) in [7, 11) is 1.54. The summed E-state index contributed by atoms with van der Waals surface area (Å²) in [6.07, 6.45) is 3.14. The molecule has 3 aromatic rings. The number of furan rings is 1. The van der Waals surface area contributed by atoms with Gasteiger partial charge in [-0.1, -0.05) is 24.8 Å². The molecule has 0 saturated carbocycles. The number of aliphatic hydroxyl groups excluding tert-OH is 1. The molecule has 4 rings (SSSR count). The van der Waals surface area contributed by atoms with E-state index in [-0.39, 0.29) is 17.9 Å². The lowest BCUT2D eigenvalue weighted by Gasteiger charge is -2.24. The van der Waals surface area contributed by atoms with Crippen LogP contribution in [0.5, 0.6) is 11.5 Å². The third-order valence-electron chi connectivity index (χ3n) is 5.37. The fourth-order valence-electron chi connectivity index (χ4n) is 3.77. The number of rotatable bonds is 8. The van der Waals surface area contributed by atoms with Gasteiger partial charge in [-0.05, 0) is 54.1 Å². The fourth-order valence-corrected chi connectivity index (χ4v) is 3.77. The van der Waals surface area contributed by atoms with Crippen LogP contribution in [0.4, 0.5) is 0 Å². The molecule has 2 aromatic carbocycles. The largest absolute Gasteiger partial charge is 0.507 e. The molecule has 1 N–H and O–H groups in total. The molecule has 7 heteroatoms. The first-order valence-electron chi connectivity index (χ1n) is 10.3. The van der Waals surface area contributed by atoms with Gasteiger partial charge >= 0.3 is 0 Å². The van der Waals surface area contributed by atoms with E-state index in [1.54, 1.807) is 66.7 Å². The molecule has 2 heterocycles. The second-order valence-electron chi connectivity index (χ2n) is 7.40. The van der Waals surface area contributed by atoms with E-state index in [4.69, 9.17) is 13.9 Å². The number of benzene rings is 2. The minimum Gasteiger partial charge on any atom is -0.507 e. The van der Waals surface area contributed by atoms with Gasteiger partial charge in [0.2, 0.25) is 0 Å². The van der Waals surface area contributed by atoms with Crippen LogP contribution in [-0.2, 0) is 16.1 Å². The van der Waals surface area contributed by atoms with Crippen LogP contribution in [0.25, 0.3) is 5.76 Å². The Morgan fingerprint density at radius 3 is 2.39 bits per heavy atom. The van der Waals surface area contributed by atoms with Crippen LogP contribution in [0, 0.1) is 0 Å². The van der Waals surface area contributed by atoms with Gasteiger partial charge in [-0.2, -0.15) is 0 Å². The highest BCUT2D eigenvalue weighted by Crippen LogP contribution is 2.40. The number of ether oxygens (including phenoxy) is 2. The average Bonchev–Trinajstić information content (AvgIpc) is 3.45. The van der Waals surface area contributed by atoms with Crippen molar-refractivity contribution in [1.29, 1.82) is 0 Å². The first kappa shape index (κ1) is 22.0. The molecule has 1 unspecified atom stereocenters. The minimum absolute atomic E-state index is 0.0106. The molecule has 1 atom stereocenters. The van der Waals surface area contributed by atoms with Crippen molar-refractivity contribution < 1.29 is 28.6 Å². The van der Waals surface area contributed by atoms with Crippen LogP contribution in [0.15, 0.2) is 89.6 Å². The van der Waals surface area contributed by atoms with E-state index in [0.717, 1.165) is 0 Å². The maximum atomic E-state index is 13.1. The van der Waals surface area contributed by atoms with Crippen molar-refractivity contribution in [1.82, 2.24) is 4.90 Å². The molecule has 1 aliphatic heterocycles. The van der Waals surface area contributed by atoms with Crippen molar-refractivity contribution in [2.24, 2.45) is 0 Å². The molecule has 1 fully saturated rings. The van der Waals surface area contributed by atoms with Crippen LogP contribution in [0.1, 0.15) is 22.9 Å². The van der Waals surface area contributed by atoms with Crippen LogP contribution in [-0.4, -0.2) is 35.4 Å². The average molecular weight is 445 g/mol. The van der Waals surface area contributed by atoms with Crippen LogP contribution in [0.2, 0.25) is 0 Å². The van der Waals surface area contributed by atoms with E-state index in [0.29, 0.717) is 35.0 Å². The minimum atomic E-state index is -0.800. The predicted molar refractivity (Wildman–Crippen MR) is 122 cm³/mol. The number of amides is 1. The molecule has 1 aliphatic rings. The lowest BCUT2D eigenvalue weighted by molar-refractivity contribution is -0.140. The Hall–Kier alpha value is -4.26. The Labute approximate surface area is 191 Å². The molecule has 1 aromatic heterocycles. The van der Waals surface area contributed by atoms with Crippen molar-refractivity contribution >= 4 is 17.4 Å². The van der Waals surface area contributed by atoms with Crippen molar-refractivity contribution in [2.75, 3.05) is 13.7 Å². The number of nitrogens with zero attached hydrogens (tertiary/aromatic N) is 1. The van der Waals surface area contributed by atoms with Crippen LogP contribution in [0.3, 0.4) is 0 Å². The zero-order valence-electron chi connectivity index (χ0n) is 18.1. The Morgan fingerprint density at radius 2 is 1.79 bits per heavy atom. The number of ketones is 1. The molecule has 0 spiro atoms. The van der Waals surface area contributed by atoms with E-state index in [9.17, 15) is 14.7 Å². The van der Waals surface area contributed by atoms with Crippen LogP contribution >= 0.6 is 0 Å². The molecule has 168 valence electrons. The summed E-state index contributed by atoms with van der Waals surface area (Å²) in [5, 5.41) is 11.1. The number of hydrogen-bond acceptors (Lipinski definition) is 6. The van der Waals surface area contributed by atoms with E-state index in [1.165, 1.54) is 18.3 Å². The maximum Gasteiger partial charge on any atom is 0.296 e. The molecule has 0 aliphatic carbocycles. The van der Waals surface area contributed by atoms with Crippen molar-refractivity contribution in [3.63, 3.8) is 0 Å². The predicted octanol–water partition coefficient (Wildman–Crippen LogP) is 4.47. The monoisotopic (exact) mass is 445 g/mol. The summed E-state index contributed by atoms with van der Waals surface area (Å²) >= 11 is 0. The molecular formula is C26H23NO6. The lowest BCUT2D eigenvalue weighted by Crippen LogP contribution is -2.29. The Balaban J connectivity index is 1.79. The highest BCUT2D eigenvalue weighted by atomic mass is 16.5. The lowest BCUT2D eigenvalue weighted by atomic mass is 9.95. The topological polar surface area (TPSA) is 89.2 Å². The fraction of sp³-hybridized carbons (Fsp3) is 0.154. The third-order valence-corrected chi connectivity index (χ3v) is 5.37. The summed E-state index contributed by atoms with van der Waals surface area (Å²) in [4.78, 5) is 27.5. The normalized spacial score (nSPS) is 17.2. The maximum absolute atomic E-state index is 13.1. The standard InChI is InChI=1S/C26H23NO6/c1-3-14-32-20-12-6-17(7-13-20)23-22(24(28)18-8-10-19(31-2)11-9-18)25(29)26(30)27(23)16-21-5-4-15-33-21/h3-13,15,23,28H,1,14,16H2,2H3/b24-22+. The zero-order chi connectivity index (χ0) is 23.4. The number of hydrogen-bond donors (Lipinski definition) is 1. The van der Waals surface area contributed by atoms with E-state index in [1.807, 2.05) is 0 Å². The molecule has 33 heavy (non-hydrogen) atoms. The van der Waals surface area contributed by atoms with Gasteiger partial charge in [-0.25, -0.2) is 0 Å². The van der Waals surface area contributed by atoms with Crippen LogP contribution < -0.4 is 9.47 Å². The SMILES string of the molecule is C=CCOc1ccc(C2/C(=C(\O)c3ccc(OC)cc3)C(=O)C(=O)N2Cc2ccco2)cc1. The Bertz CT molecular complexity index is 1180. The zero-order valence-corrected chi connectivity index (χ0v) is 18.1. The molecule has 0 radical (unpaired) electrons. The van der Waals surface area contributed by atoms with Crippen molar-refractivity contribution in [3.8, 4) is 11.5 Å². The number of Topliss-reactive ketones (excluding diaryl/α,β-unsaturated/α-hetero) is 1. The van der Waals surface area contributed by atoms with Gasteiger partial charge < -0.3 is 23.9 Å². The van der Waals surface area contributed by atoms with E-state index in [2.05, 4.69) is 6.58 Å². The van der Waals surface area contributed by atoms with E-state index >= 15 is 0 Å². The van der Waals surface area contributed by atoms with Gasteiger partial charge in [0.25, 0.3) is 11.7 Å². The van der Waals surface area contributed by atoms with Gasteiger partial charge in [0.05, 0.1) is 31.5 Å². The summed E-state index contributed by atoms with van der Waals surface area (Å²) in [5.74, 6) is 0.0331. The smallest absolute Gasteiger partial charge is 0.296 e. The quantitative estimate of drug-likeness (QED) is 0.238. The molecular weight excluding hydrogens is 422 g/mol. The number of carbonyl (C=O) groups is 2. The van der Waals surface area contributed by atoms with Crippen molar-refractivity contribution in [3.05, 3.63) is 102 Å². The first-order chi connectivity index (χ1) is 16.0. The third kappa shape index (κ3) is 4.39. The Kier molecular flexibility index (Phi) is 6.31. The Morgan fingerprint density at radius 1 is 1.09 bits per heavy atom. The van der Waals surface area contributed by atoms with Gasteiger partial charge in [-0.3, -0.25) is 9.59 Å². The molecule has 0 bridgehead atoms. The number of likely N-dealkylation sites (tertiary alicyclic amines) is 1. The summed E-state index contributed by atoms with van der Waals surface area (Å²) in [6.45, 7) is 4.06. The number of carbonyl (C=O) groups excluding carboxylic acids is 2. The summed E-state index contributed by atoms with van der Waals surface area (Å²) in [6, 6.07) is 16.3. The molecule has 7 nitrogen and oxygen atoms in total. The number of aliphatic hydroxyl groups is 1. The second kappa shape index (κ2) is 9.48. The molecule has 1 saturated heterocycles. The van der Waals surface area contributed by atoms with Crippen molar-refractivity contribution in [2.45, 2.75) is 12.6 Å². The molecule has 1 amide bonds. The summed E-state index contributed by atoms with van der Waals surface area (Å²) in [5.41, 5.74) is 1.07. The van der Waals surface area contributed by atoms with Gasteiger partial charge in [0.15, 0.2) is 0 Å².